The Morgan fingerprint density at radius 1 is 1.47 bits per heavy atom. The Morgan fingerprint density at radius 3 is 2.73 bits per heavy atom. The molecule has 0 aliphatic rings. The molecule has 2 rings (SSSR count). The van der Waals surface area contributed by atoms with Gasteiger partial charge in [-0.2, -0.15) is 5.10 Å². The second-order valence-corrected chi connectivity index (χ2v) is 4.03. The molecule has 0 saturated carbocycles. The van der Waals surface area contributed by atoms with E-state index in [1.807, 2.05) is 0 Å². The zero-order chi connectivity index (χ0) is 11.0. The predicted molar refractivity (Wildman–Crippen MR) is 59.8 cm³/mol. The number of nitrogens with zero attached hydrogens (tertiary/aromatic N) is 1. The molecule has 0 aliphatic carbocycles. The summed E-state index contributed by atoms with van der Waals surface area (Å²) >= 11 is 5.72. The van der Waals surface area contributed by atoms with E-state index in [4.69, 9.17) is 21.8 Å². The molecule has 0 aromatic carbocycles. The van der Waals surface area contributed by atoms with Crippen LogP contribution in [0, 0.1) is 0 Å². The molecule has 2 heterocycles. The zero-order valence-corrected chi connectivity index (χ0v) is 9.30. The molecular weight excluding hydrogens is 214 g/mol. The van der Waals surface area contributed by atoms with Gasteiger partial charge in [-0.25, -0.2) is 0 Å². The lowest BCUT2D eigenvalue weighted by Crippen LogP contribution is -1.94. The summed E-state index contributed by atoms with van der Waals surface area (Å²) < 4.78 is 5.31. The molecule has 0 amide bonds. The maximum absolute atomic E-state index is 5.77. The zero-order valence-electron chi connectivity index (χ0n) is 8.54. The average Bonchev–Trinajstić information content (AvgIpc) is 2.71. The molecular formula is C10H12ClN3O. The van der Waals surface area contributed by atoms with E-state index in [9.17, 15) is 0 Å². The molecule has 0 saturated heterocycles. The number of nitrogen functional groups attached to an aromatic ring is 1. The Morgan fingerprint density at radius 2 is 2.20 bits per heavy atom. The van der Waals surface area contributed by atoms with Crippen LogP contribution in [0.4, 0.5) is 5.82 Å². The van der Waals surface area contributed by atoms with Crippen LogP contribution in [0.5, 0.6) is 0 Å². The third-order valence-corrected chi connectivity index (χ3v) is 2.43. The molecule has 4 nitrogen and oxygen atoms in total. The van der Waals surface area contributed by atoms with Crippen LogP contribution in [-0.4, -0.2) is 10.2 Å². The fraction of sp³-hybridized carbons (Fsp3) is 0.300. The van der Waals surface area contributed by atoms with Crippen molar-refractivity contribution < 1.29 is 4.42 Å². The number of nitrogens with one attached hydrogen (secondary N) is 1. The second kappa shape index (κ2) is 3.62. The van der Waals surface area contributed by atoms with Gasteiger partial charge in [0, 0.05) is 5.56 Å². The summed E-state index contributed by atoms with van der Waals surface area (Å²) in [5.74, 6) is 1.45. The van der Waals surface area contributed by atoms with Gasteiger partial charge in [0.25, 0.3) is 0 Å². The van der Waals surface area contributed by atoms with Crippen molar-refractivity contribution >= 4 is 17.4 Å². The van der Waals surface area contributed by atoms with Crippen molar-refractivity contribution in [1.82, 2.24) is 10.2 Å². The van der Waals surface area contributed by atoms with Crippen molar-refractivity contribution in [3.63, 3.8) is 0 Å². The van der Waals surface area contributed by atoms with Crippen LogP contribution in [0.25, 0.3) is 11.5 Å². The highest BCUT2D eigenvalue weighted by molar-refractivity contribution is 6.28. The molecule has 0 unspecified atom stereocenters. The Labute approximate surface area is 92.4 Å². The number of rotatable bonds is 2. The summed E-state index contributed by atoms with van der Waals surface area (Å²) in [5, 5.41) is 7.19. The summed E-state index contributed by atoms with van der Waals surface area (Å²) in [4.78, 5) is 0. The summed E-state index contributed by atoms with van der Waals surface area (Å²) in [6.45, 7) is 4.10. The van der Waals surface area contributed by atoms with Crippen molar-refractivity contribution in [3.05, 3.63) is 22.9 Å². The van der Waals surface area contributed by atoms with E-state index in [-0.39, 0.29) is 5.92 Å². The quantitative estimate of drug-likeness (QED) is 0.826. The number of anilines is 1. The number of aromatic amines is 1. The van der Waals surface area contributed by atoms with Gasteiger partial charge in [-0.15, -0.1) is 0 Å². The lowest BCUT2D eigenvalue weighted by Gasteiger charge is -2.04. The highest BCUT2D eigenvalue weighted by Crippen LogP contribution is 2.33. The first-order valence-corrected chi connectivity index (χ1v) is 5.07. The molecule has 0 aliphatic heterocycles. The highest BCUT2D eigenvalue weighted by atomic mass is 35.5. The Balaban J connectivity index is 2.53. The van der Waals surface area contributed by atoms with Gasteiger partial charge in [-0.3, -0.25) is 5.10 Å². The molecule has 2 aromatic heterocycles. The van der Waals surface area contributed by atoms with E-state index in [0.29, 0.717) is 16.8 Å². The lowest BCUT2D eigenvalue weighted by atomic mass is 10.0. The van der Waals surface area contributed by atoms with E-state index >= 15 is 0 Å². The van der Waals surface area contributed by atoms with E-state index in [1.54, 1.807) is 12.1 Å². The van der Waals surface area contributed by atoms with Gasteiger partial charge in [0.2, 0.25) is 0 Å². The number of nitrogens with two attached hydrogens (primary N) is 1. The third-order valence-electron chi connectivity index (χ3n) is 2.23. The SMILES string of the molecule is CC(C)c1c(N)n[nH]c1-c1ccc(Cl)o1. The fourth-order valence-electron chi connectivity index (χ4n) is 1.59. The van der Waals surface area contributed by atoms with E-state index < -0.39 is 0 Å². The maximum atomic E-state index is 5.77. The smallest absolute Gasteiger partial charge is 0.194 e. The van der Waals surface area contributed by atoms with Gasteiger partial charge in [-0.05, 0) is 29.7 Å². The van der Waals surface area contributed by atoms with Crippen LogP contribution < -0.4 is 5.73 Å². The van der Waals surface area contributed by atoms with Crippen molar-refractivity contribution in [2.75, 3.05) is 5.73 Å². The maximum Gasteiger partial charge on any atom is 0.194 e. The summed E-state index contributed by atoms with van der Waals surface area (Å²) in [6.07, 6.45) is 0. The fourth-order valence-corrected chi connectivity index (χ4v) is 1.73. The van der Waals surface area contributed by atoms with Gasteiger partial charge in [0.15, 0.2) is 11.0 Å². The van der Waals surface area contributed by atoms with E-state index in [0.717, 1.165) is 11.3 Å². The molecule has 0 fully saturated rings. The minimum absolute atomic E-state index is 0.280. The molecule has 80 valence electrons. The minimum Gasteiger partial charge on any atom is -0.443 e. The molecule has 2 aromatic rings. The monoisotopic (exact) mass is 225 g/mol. The molecule has 15 heavy (non-hydrogen) atoms. The van der Waals surface area contributed by atoms with Crippen LogP contribution in [0.15, 0.2) is 16.5 Å². The number of hydrogen-bond acceptors (Lipinski definition) is 3. The van der Waals surface area contributed by atoms with E-state index in [2.05, 4.69) is 24.0 Å². The first-order chi connectivity index (χ1) is 7.09. The normalized spacial score (nSPS) is 11.2. The summed E-state index contributed by atoms with van der Waals surface area (Å²) in [7, 11) is 0. The third kappa shape index (κ3) is 1.72. The lowest BCUT2D eigenvalue weighted by molar-refractivity contribution is 0.580. The second-order valence-electron chi connectivity index (χ2n) is 3.66. The molecule has 5 heteroatoms. The van der Waals surface area contributed by atoms with Crippen LogP contribution in [0.2, 0.25) is 5.22 Å². The molecule has 3 N–H and O–H groups in total. The largest absolute Gasteiger partial charge is 0.443 e. The molecule has 0 bridgehead atoms. The van der Waals surface area contributed by atoms with Gasteiger partial charge < -0.3 is 10.2 Å². The summed E-state index contributed by atoms with van der Waals surface area (Å²) in [5.41, 5.74) is 7.53. The van der Waals surface area contributed by atoms with Crippen LogP contribution in [0.1, 0.15) is 25.3 Å². The van der Waals surface area contributed by atoms with Crippen LogP contribution >= 0.6 is 11.6 Å². The van der Waals surface area contributed by atoms with Gasteiger partial charge in [0.05, 0.1) is 0 Å². The predicted octanol–water partition coefficient (Wildman–Crippen LogP) is 3.03. The van der Waals surface area contributed by atoms with Gasteiger partial charge >= 0.3 is 0 Å². The van der Waals surface area contributed by atoms with Gasteiger partial charge in [-0.1, -0.05) is 13.8 Å². The Bertz CT molecular complexity index is 473. The molecule has 0 atom stereocenters. The van der Waals surface area contributed by atoms with Crippen molar-refractivity contribution in [2.45, 2.75) is 19.8 Å². The first kappa shape index (κ1) is 10.1. The topological polar surface area (TPSA) is 67.8 Å². The number of halogens is 1. The number of H-pyrrole nitrogens is 1. The summed E-state index contributed by atoms with van der Waals surface area (Å²) in [6, 6.07) is 3.49. The van der Waals surface area contributed by atoms with Crippen molar-refractivity contribution in [1.29, 1.82) is 0 Å². The molecule has 0 spiro atoms. The van der Waals surface area contributed by atoms with Crippen LogP contribution in [-0.2, 0) is 0 Å². The standard InChI is InChI=1S/C10H12ClN3O/c1-5(2)8-9(13-14-10(8)12)6-3-4-7(11)15-6/h3-5H,1-2H3,(H3,12,13,14). The number of furan rings is 1. The van der Waals surface area contributed by atoms with E-state index in [1.165, 1.54) is 0 Å². The Kier molecular flexibility index (Phi) is 2.44. The number of hydrogen-bond donors (Lipinski definition) is 2. The van der Waals surface area contributed by atoms with Gasteiger partial charge in [0.1, 0.15) is 11.5 Å². The highest BCUT2D eigenvalue weighted by Gasteiger charge is 2.17. The minimum atomic E-state index is 0.280. The average molecular weight is 226 g/mol. The Hall–Kier alpha value is -1.42. The van der Waals surface area contributed by atoms with Crippen LogP contribution in [0.3, 0.4) is 0 Å². The van der Waals surface area contributed by atoms with Crippen molar-refractivity contribution in [2.24, 2.45) is 0 Å². The molecule has 0 radical (unpaired) electrons. The first-order valence-electron chi connectivity index (χ1n) is 4.69. The number of aromatic nitrogens is 2. The van der Waals surface area contributed by atoms with Crippen molar-refractivity contribution in [3.8, 4) is 11.5 Å².